The molecule has 1 heterocycles. The quantitative estimate of drug-likeness (QED) is 0.732. The van der Waals surface area contributed by atoms with E-state index in [0.29, 0.717) is 17.7 Å². The number of carbonyl (C=O) groups excluding carboxylic acids is 1. The molecule has 4 fully saturated rings. The summed E-state index contributed by atoms with van der Waals surface area (Å²) in [4.78, 5) is 12.0. The molecule has 1 saturated heterocycles. The maximum atomic E-state index is 12.0. The normalized spacial score (nSPS) is 54.8. The fraction of sp³-hybridized carbons (Fsp3) is 0.850. The van der Waals surface area contributed by atoms with Crippen molar-refractivity contribution < 1.29 is 9.90 Å². The Hall–Kier alpha value is -0.670. The topological polar surface area (TPSA) is 59.2 Å². The SMILES string of the molecule is C[C@]12CC[C@H]3[C@@H](CCC4=CC(=O)CC[C@@]43[C@H]3CN3)[C@@H]1CC[C@@H]2O. The summed E-state index contributed by atoms with van der Waals surface area (Å²) in [5, 5.41) is 14.2. The minimum atomic E-state index is -0.0895. The first kappa shape index (κ1) is 14.7. The fourth-order valence-corrected chi connectivity index (χ4v) is 7.32. The monoisotopic (exact) mass is 315 g/mol. The van der Waals surface area contributed by atoms with E-state index in [0.717, 1.165) is 44.1 Å². The number of hydrogen-bond acceptors (Lipinski definition) is 3. The molecule has 5 aliphatic rings. The number of rotatable bonds is 1. The molecule has 5 rings (SSSR count). The van der Waals surface area contributed by atoms with Crippen LogP contribution >= 0.6 is 0 Å². The lowest BCUT2D eigenvalue weighted by molar-refractivity contribution is -0.118. The van der Waals surface area contributed by atoms with Gasteiger partial charge in [-0.15, -0.1) is 0 Å². The van der Waals surface area contributed by atoms with Crippen LogP contribution in [0, 0.1) is 28.6 Å². The van der Waals surface area contributed by atoms with E-state index in [4.69, 9.17) is 0 Å². The van der Waals surface area contributed by atoms with Crippen molar-refractivity contribution in [1.82, 2.24) is 5.32 Å². The van der Waals surface area contributed by atoms with Gasteiger partial charge >= 0.3 is 0 Å². The van der Waals surface area contributed by atoms with E-state index in [2.05, 4.69) is 12.2 Å². The predicted octanol–water partition coefficient (Wildman–Crippen LogP) is 2.83. The van der Waals surface area contributed by atoms with Gasteiger partial charge in [0, 0.05) is 24.4 Å². The molecule has 0 unspecified atom stereocenters. The zero-order chi connectivity index (χ0) is 15.8. The van der Waals surface area contributed by atoms with Gasteiger partial charge in [0.05, 0.1) is 6.10 Å². The van der Waals surface area contributed by atoms with Crippen molar-refractivity contribution in [3.05, 3.63) is 11.6 Å². The van der Waals surface area contributed by atoms with Crippen molar-refractivity contribution in [3.63, 3.8) is 0 Å². The van der Waals surface area contributed by atoms with Gasteiger partial charge in [0.2, 0.25) is 0 Å². The molecule has 2 N–H and O–H groups in total. The van der Waals surface area contributed by atoms with Crippen molar-refractivity contribution in [2.75, 3.05) is 6.54 Å². The van der Waals surface area contributed by atoms with Gasteiger partial charge in [0.15, 0.2) is 5.78 Å². The number of aliphatic hydroxyl groups excluding tert-OH is 1. The first-order valence-electron chi connectivity index (χ1n) is 9.71. The standard InChI is InChI=1S/C20H29NO2/c1-19-8-7-16-14(15(19)4-5-18(19)23)3-2-12-10-13(22)6-9-20(12,16)17-11-21-17/h10,14-18,21,23H,2-9,11H2,1H3/t14-,15-,16-,17+,18-,19-,20+/m0/s1. The van der Waals surface area contributed by atoms with Gasteiger partial charge in [-0.3, -0.25) is 4.79 Å². The number of nitrogens with one attached hydrogen (secondary N) is 1. The second kappa shape index (κ2) is 4.70. The van der Waals surface area contributed by atoms with Crippen LogP contribution in [0.3, 0.4) is 0 Å². The molecule has 0 aromatic rings. The molecular formula is C20H29NO2. The Morgan fingerprint density at radius 3 is 2.74 bits per heavy atom. The third-order valence-electron chi connectivity index (χ3n) is 8.54. The molecule has 0 aromatic carbocycles. The van der Waals surface area contributed by atoms with E-state index in [-0.39, 0.29) is 16.9 Å². The Morgan fingerprint density at radius 1 is 1.13 bits per heavy atom. The number of aliphatic hydroxyl groups is 1. The number of carbonyl (C=O) groups is 1. The smallest absolute Gasteiger partial charge is 0.155 e. The average molecular weight is 315 g/mol. The van der Waals surface area contributed by atoms with E-state index >= 15 is 0 Å². The summed E-state index contributed by atoms with van der Waals surface area (Å²) >= 11 is 0. The molecule has 4 aliphatic carbocycles. The highest BCUT2D eigenvalue weighted by atomic mass is 16.3. The molecule has 0 spiro atoms. The van der Waals surface area contributed by atoms with Gasteiger partial charge < -0.3 is 10.4 Å². The molecule has 3 nitrogen and oxygen atoms in total. The Balaban J connectivity index is 1.56. The molecule has 0 amide bonds. The van der Waals surface area contributed by atoms with E-state index in [1.807, 2.05) is 6.08 Å². The lowest BCUT2D eigenvalue weighted by Crippen LogP contribution is -2.54. The zero-order valence-electron chi connectivity index (χ0n) is 14.2. The van der Waals surface area contributed by atoms with Crippen LogP contribution in [0.1, 0.15) is 58.3 Å². The van der Waals surface area contributed by atoms with Gasteiger partial charge in [-0.2, -0.15) is 0 Å². The van der Waals surface area contributed by atoms with E-state index in [1.165, 1.54) is 31.3 Å². The van der Waals surface area contributed by atoms with Gasteiger partial charge in [0.25, 0.3) is 0 Å². The molecular weight excluding hydrogens is 286 g/mol. The number of ketones is 1. The van der Waals surface area contributed by atoms with Crippen molar-refractivity contribution in [2.24, 2.45) is 28.6 Å². The third kappa shape index (κ3) is 1.81. The van der Waals surface area contributed by atoms with Crippen LogP contribution in [0.2, 0.25) is 0 Å². The lowest BCUT2D eigenvalue weighted by Gasteiger charge is -2.58. The minimum Gasteiger partial charge on any atom is -0.393 e. The minimum absolute atomic E-state index is 0.0895. The predicted molar refractivity (Wildman–Crippen MR) is 88.8 cm³/mol. The van der Waals surface area contributed by atoms with Crippen molar-refractivity contribution in [2.45, 2.75) is 70.4 Å². The second-order valence-corrected chi connectivity index (χ2v) is 9.19. The molecule has 0 aromatic heterocycles. The van der Waals surface area contributed by atoms with Crippen molar-refractivity contribution in [1.29, 1.82) is 0 Å². The summed E-state index contributed by atoms with van der Waals surface area (Å²) < 4.78 is 0. The largest absolute Gasteiger partial charge is 0.393 e. The lowest BCUT2D eigenvalue weighted by atomic mass is 9.46. The molecule has 1 aliphatic heterocycles. The fourth-order valence-electron chi connectivity index (χ4n) is 7.32. The summed E-state index contributed by atoms with van der Waals surface area (Å²) in [5.74, 6) is 2.55. The van der Waals surface area contributed by atoms with Crippen molar-refractivity contribution >= 4 is 5.78 Å². The molecule has 3 heteroatoms. The van der Waals surface area contributed by atoms with E-state index in [1.54, 1.807) is 0 Å². The van der Waals surface area contributed by atoms with Crippen LogP contribution in [0.5, 0.6) is 0 Å². The van der Waals surface area contributed by atoms with Gasteiger partial charge in [0.1, 0.15) is 0 Å². The van der Waals surface area contributed by atoms with Crippen LogP contribution in [-0.4, -0.2) is 29.6 Å². The first-order valence-corrected chi connectivity index (χ1v) is 9.71. The Morgan fingerprint density at radius 2 is 1.96 bits per heavy atom. The van der Waals surface area contributed by atoms with Crippen LogP contribution in [-0.2, 0) is 4.79 Å². The van der Waals surface area contributed by atoms with Gasteiger partial charge in [-0.05, 0) is 74.2 Å². The Kier molecular flexibility index (Phi) is 2.99. The van der Waals surface area contributed by atoms with Gasteiger partial charge in [-0.25, -0.2) is 0 Å². The first-order chi connectivity index (χ1) is 11.1. The zero-order valence-corrected chi connectivity index (χ0v) is 14.2. The average Bonchev–Trinajstić information content (AvgIpc) is 3.34. The molecule has 126 valence electrons. The van der Waals surface area contributed by atoms with Crippen LogP contribution in [0.25, 0.3) is 0 Å². The summed E-state index contributed by atoms with van der Waals surface area (Å²) in [7, 11) is 0. The highest BCUT2D eigenvalue weighted by molar-refractivity contribution is 5.91. The maximum Gasteiger partial charge on any atom is 0.155 e. The summed E-state index contributed by atoms with van der Waals surface area (Å²) in [6, 6.07) is 0.616. The second-order valence-electron chi connectivity index (χ2n) is 9.19. The summed E-state index contributed by atoms with van der Waals surface area (Å²) in [5.41, 5.74) is 1.91. The van der Waals surface area contributed by atoms with E-state index in [9.17, 15) is 9.90 Å². The number of fused-ring (bicyclic) bond motifs is 5. The Bertz CT molecular complexity index is 580. The summed E-state index contributed by atoms with van der Waals surface area (Å²) in [6.45, 7) is 3.49. The van der Waals surface area contributed by atoms with Crippen LogP contribution < -0.4 is 5.32 Å². The molecule has 23 heavy (non-hydrogen) atoms. The van der Waals surface area contributed by atoms with E-state index < -0.39 is 0 Å². The molecule has 3 saturated carbocycles. The van der Waals surface area contributed by atoms with Crippen LogP contribution in [0.15, 0.2) is 11.6 Å². The van der Waals surface area contributed by atoms with Gasteiger partial charge in [-0.1, -0.05) is 12.5 Å². The maximum absolute atomic E-state index is 12.0. The summed E-state index contributed by atoms with van der Waals surface area (Å²) in [6.07, 6.45) is 10.8. The van der Waals surface area contributed by atoms with Crippen LogP contribution in [0.4, 0.5) is 0 Å². The highest BCUT2D eigenvalue weighted by Crippen LogP contribution is 2.66. The molecule has 0 radical (unpaired) electrons. The molecule has 0 bridgehead atoms. The third-order valence-corrected chi connectivity index (χ3v) is 8.54. The van der Waals surface area contributed by atoms with Crippen molar-refractivity contribution in [3.8, 4) is 0 Å². The Labute approximate surface area is 138 Å². The molecule has 7 atom stereocenters. The number of hydrogen-bond donors (Lipinski definition) is 2. The highest BCUT2D eigenvalue weighted by Gasteiger charge is 2.63.